The van der Waals surface area contributed by atoms with Gasteiger partial charge in [-0.3, -0.25) is 14.8 Å². The van der Waals surface area contributed by atoms with Crippen molar-refractivity contribution in [2.75, 3.05) is 25.0 Å². The third-order valence-corrected chi connectivity index (χ3v) is 5.87. The van der Waals surface area contributed by atoms with Crippen molar-refractivity contribution in [2.45, 2.75) is 12.8 Å². The van der Waals surface area contributed by atoms with Gasteiger partial charge in [0.1, 0.15) is 11.6 Å². The Kier molecular flexibility index (Phi) is 5.01. The maximum atomic E-state index is 14.5. The molecule has 1 aliphatic heterocycles. The van der Waals surface area contributed by atoms with Crippen LogP contribution in [0.25, 0.3) is 22.2 Å². The largest absolute Gasteiger partial charge is 0.355 e. The molecule has 0 bridgehead atoms. The summed E-state index contributed by atoms with van der Waals surface area (Å²) < 4.78 is 14.5. The van der Waals surface area contributed by atoms with Crippen molar-refractivity contribution in [1.82, 2.24) is 20.3 Å². The van der Waals surface area contributed by atoms with Crippen LogP contribution in [0.1, 0.15) is 27.5 Å². The molecule has 1 N–H and O–H groups in total. The molecule has 2 aromatic carbocycles. The van der Waals surface area contributed by atoms with Gasteiger partial charge < -0.3 is 10.2 Å². The summed E-state index contributed by atoms with van der Waals surface area (Å²) in [6.07, 6.45) is 3.26. The first-order valence-corrected chi connectivity index (χ1v) is 10.5. The van der Waals surface area contributed by atoms with Gasteiger partial charge in [-0.1, -0.05) is 18.2 Å². The summed E-state index contributed by atoms with van der Waals surface area (Å²) in [6, 6.07) is 14.9. The topological polar surface area (TPSA) is 71.0 Å². The Morgan fingerprint density at radius 1 is 1.06 bits per heavy atom. The van der Waals surface area contributed by atoms with Crippen molar-refractivity contribution < 1.29 is 9.18 Å². The van der Waals surface area contributed by atoms with Gasteiger partial charge in [-0.15, -0.1) is 0 Å². The quantitative estimate of drug-likeness (QED) is 0.531. The smallest absolute Gasteiger partial charge is 0.253 e. The van der Waals surface area contributed by atoms with E-state index in [0.717, 1.165) is 35.5 Å². The normalized spacial score (nSPS) is 13.8. The molecule has 0 saturated carbocycles. The Labute approximate surface area is 185 Å². The fourth-order valence-electron chi connectivity index (χ4n) is 4.08. The first-order chi connectivity index (χ1) is 15.5. The number of amides is 1. The monoisotopic (exact) mass is 427 g/mol. The Balaban J connectivity index is 1.39. The molecule has 160 valence electrons. The van der Waals surface area contributed by atoms with E-state index in [2.05, 4.69) is 51.4 Å². The van der Waals surface area contributed by atoms with Crippen LogP contribution >= 0.6 is 0 Å². The van der Waals surface area contributed by atoms with E-state index in [1.54, 1.807) is 18.5 Å². The number of nitrogens with one attached hydrogen (secondary N) is 1. The molecule has 1 amide bonds. The number of pyridine rings is 1. The number of nitrogens with zero attached hydrogens (tertiary/aromatic N) is 4. The predicted molar refractivity (Wildman–Crippen MR) is 122 cm³/mol. The minimum atomic E-state index is -0.579. The van der Waals surface area contributed by atoms with E-state index in [1.807, 2.05) is 6.07 Å². The van der Waals surface area contributed by atoms with Gasteiger partial charge in [-0.25, -0.2) is 9.37 Å². The molecule has 0 atom stereocenters. The van der Waals surface area contributed by atoms with Crippen molar-refractivity contribution in [3.8, 4) is 11.3 Å². The summed E-state index contributed by atoms with van der Waals surface area (Å²) >= 11 is 0. The fraction of sp³-hybridized carbons (Fsp3) is 0.200. The van der Waals surface area contributed by atoms with E-state index in [0.29, 0.717) is 11.3 Å². The lowest BCUT2D eigenvalue weighted by molar-refractivity contribution is 0.0959. The molecule has 1 aliphatic rings. The highest BCUT2D eigenvalue weighted by Crippen LogP contribution is 2.35. The van der Waals surface area contributed by atoms with Crippen LogP contribution in [0.3, 0.4) is 0 Å². The van der Waals surface area contributed by atoms with Gasteiger partial charge in [0.15, 0.2) is 0 Å². The van der Waals surface area contributed by atoms with Crippen molar-refractivity contribution in [3.05, 3.63) is 83.6 Å². The Bertz CT molecular complexity index is 1330. The highest BCUT2D eigenvalue weighted by Gasteiger charge is 2.32. The average molecular weight is 427 g/mol. The van der Waals surface area contributed by atoms with Crippen LogP contribution in [0.15, 0.2) is 60.9 Å². The number of rotatable bonds is 4. The van der Waals surface area contributed by atoms with Crippen molar-refractivity contribution >= 4 is 22.6 Å². The highest BCUT2D eigenvalue weighted by molar-refractivity contribution is 5.94. The van der Waals surface area contributed by atoms with E-state index in [4.69, 9.17) is 4.98 Å². The molecule has 7 heteroatoms. The number of fused-ring (bicyclic) bond motifs is 1. The SMILES string of the molecule is CNC(=O)c1ccc(-c2nccnc2C2CN(c3ccc4ccc(C)cc4n3)C2)cc1F. The first kappa shape index (κ1) is 20.1. The van der Waals surface area contributed by atoms with Crippen molar-refractivity contribution in [2.24, 2.45) is 0 Å². The highest BCUT2D eigenvalue weighted by atomic mass is 19.1. The number of hydrogen-bond donors (Lipinski definition) is 1. The Hall–Kier alpha value is -3.87. The molecule has 6 nitrogen and oxygen atoms in total. The second kappa shape index (κ2) is 8.00. The number of hydrogen-bond acceptors (Lipinski definition) is 5. The third-order valence-electron chi connectivity index (χ3n) is 5.87. The van der Waals surface area contributed by atoms with E-state index in [1.165, 1.54) is 24.7 Å². The summed E-state index contributed by atoms with van der Waals surface area (Å²) in [5, 5.41) is 3.57. The molecule has 5 rings (SSSR count). The van der Waals surface area contributed by atoms with Crippen LogP contribution in [0.2, 0.25) is 0 Å². The van der Waals surface area contributed by atoms with E-state index >= 15 is 0 Å². The van der Waals surface area contributed by atoms with E-state index in [9.17, 15) is 9.18 Å². The summed E-state index contributed by atoms with van der Waals surface area (Å²) in [7, 11) is 1.48. The van der Waals surface area contributed by atoms with E-state index in [-0.39, 0.29) is 11.5 Å². The first-order valence-electron chi connectivity index (χ1n) is 10.5. The summed E-state index contributed by atoms with van der Waals surface area (Å²) in [6.45, 7) is 3.58. The number of halogens is 1. The molecule has 0 unspecified atom stereocenters. The van der Waals surface area contributed by atoms with Crippen molar-refractivity contribution in [1.29, 1.82) is 0 Å². The molecule has 0 aliphatic carbocycles. The molecule has 4 aromatic rings. The maximum absolute atomic E-state index is 14.5. The molecule has 1 fully saturated rings. The lowest BCUT2D eigenvalue weighted by Gasteiger charge is -2.40. The fourth-order valence-corrected chi connectivity index (χ4v) is 4.08. The number of aromatic nitrogens is 3. The zero-order chi connectivity index (χ0) is 22.2. The zero-order valence-electron chi connectivity index (χ0n) is 17.8. The van der Waals surface area contributed by atoms with Crippen LogP contribution < -0.4 is 10.2 Å². The summed E-state index contributed by atoms with van der Waals surface area (Å²) in [4.78, 5) is 27.8. The standard InChI is InChI=1S/C25H22FN5O/c1-15-3-4-16-6-8-22(30-21(16)11-15)31-13-18(14-31)24-23(28-9-10-29-24)17-5-7-19(20(26)12-17)25(32)27-2/h3-12,18H,13-14H2,1-2H3,(H,27,32). The number of benzene rings is 2. The second-order valence-electron chi connectivity index (χ2n) is 8.03. The number of anilines is 1. The minimum absolute atomic E-state index is 0.00845. The molecule has 1 saturated heterocycles. The van der Waals surface area contributed by atoms with Crippen LogP contribution in [0, 0.1) is 12.7 Å². The average Bonchev–Trinajstić information content (AvgIpc) is 2.77. The van der Waals surface area contributed by atoms with E-state index < -0.39 is 11.7 Å². The Morgan fingerprint density at radius 2 is 1.84 bits per heavy atom. The summed E-state index contributed by atoms with van der Waals surface area (Å²) in [5.74, 6) is 0.0617. The van der Waals surface area contributed by atoms with Gasteiger partial charge in [-0.2, -0.15) is 0 Å². The van der Waals surface area contributed by atoms with Gasteiger partial charge in [0.25, 0.3) is 5.91 Å². The van der Waals surface area contributed by atoms with Gasteiger partial charge in [0.05, 0.1) is 22.5 Å². The van der Waals surface area contributed by atoms with Gasteiger partial charge >= 0.3 is 0 Å². The van der Waals surface area contributed by atoms with Crippen LogP contribution in [0.5, 0.6) is 0 Å². The zero-order valence-corrected chi connectivity index (χ0v) is 17.8. The molecular weight excluding hydrogens is 405 g/mol. The molecule has 0 radical (unpaired) electrons. The van der Waals surface area contributed by atoms with Gasteiger partial charge in [0.2, 0.25) is 0 Å². The predicted octanol–water partition coefficient (Wildman–Crippen LogP) is 4.10. The Morgan fingerprint density at radius 3 is 2.62 bits per heavy atom. The molecule has 0 spiro atoms. The van der Waals surface area contributed by atoms with Gasteiger partial charge in [0, 0.05) is 49.4 Å². The van der Waals surface area contributed by atoms with Crippen LogP contribution in [0.4, 0.5) is 10.2 Å². The molecule has 3 heterocycles. The lowest BCUT2D eigenvalue weighted by Crippen LogP contribution is -2.46. The lowest BCUT2D eigenvalue weighted by atomic mass is 9.92. The molecular formula is C25H22FN5O. The molecule has 2 aromatic heterocycles. The number of aryl methyl sites for hydroxylation is 1. The minimum Gasteiger partial charge on any atom is -0.355 e. The third kappa shape index (κ3) is 3.56. The number of carbonyl (C=O) groups is 1. The summed E-state index contributed by atoms with van der Waals surface area (Å²) in [5.41, 5.74) is 4.25. The van der Waals surface area contributed by atoms with Crippen LogP contribution in [-0.2, 0) is 0 Å². The molecule has 32 heavy (non-hydrogen) atoms. The van der Waals surface area contributed by atoms with Crippen LogP contribution in [-0.4, -0.2) is 41.0 Å². The second-order valence-corrected chi connectivity index (χ2v) is 8.03. The van der Waals surface area contributed by atoms with Crippen molar-refractivity contribution in [3.63, 3.8) is 0 Å². The maximum Gasteiger partial charge on any atom is 0.253 e. The van der Waals surface area contributed by atoms with Gasteiger partial charge in [-0.05, 0) is 42.8 Å². The number of carbonyl (C=O) groups excluding carboxylic acids is 1.